The minimum Gasteiger partial charge on any atom is -0.385 e. The van der Waals surface area contributed by atoms with Gasteiger partial charge in [0.25, 0.3) is 0 Å². The number of hydrogen-bond donors (Lipinski definition) is 1. The highest BCUT2D eigenvalue weighted by Gasteiger charge is 2.29. The molecule has 0 aliphatic carbocycles. The van der Waals surface area contributed by atoms with Gasteiger partial charge in [0, 0.05) is 51.7 Å². The van der Waals surface area contributed by atoms with Crippen molar-refractivity contribution in [1.82, 2.24) is 14.5 Å². The lowest BCUT2D eigenvalue weighted by molar-refractivity contribution is -0.132. The third-order valence-electron chi connectivity index (χ3n) is 6.18. The summed E-state index contributed by atoms with van der Waals surface area (Å²) in [6, 6.07) is 17.9. The van der Waals surface area contributed by atoms with E-state index in [1.54, 1.807) is 7.11 Å². The highest BCUT2D eigenvalue weighted by Crippen LogP contribution is 2.30. The lowest BCUT2D eigenvalue weighted by atomic mass is 9.96. The highest BCUT2D eigenvalue weighted by molar-refractivity contribution is 5.78. The maximum absolute atomic E-state index is 13.0. The monoisotopic (exact) mass is 420 g/mol. The van der Waals surface area contributed by atoms with E-state index in [9.17, 15) is 4.79 Å². The standard InChI is InChI=1S/C25H32N4O2/c1-31-16-8-15-29-23-13-6-5-12-22(23)27-25(29)20-11-7-14-28(18-20)24(30)17-21(26)19-9-3-2-4-10-19/h2-6,9-10,12-13,20-21H,7-8,11,14-18,26H2,1H3/t20?,21-/m1/s1. The van der Waals surface area contributed by atoms with Crippen molar-refractivity contribution in [1.29, 1.82) is 0 Å². The van der Waals surface area contributed by atoms with Gasteiger partial charge in [-0.15, -0.1) is 0 Å². The molecule has 1 unspecified atom stereocenters. The van der Waals surface area contributed by atoms with E-state index in [1.807, 2.05) is 41.3 Å². The van der Waals surface area contributed by atoms with E-state index in [1.165, 1.54) is 0 Å². The van der Waals surface area contributed by atoms with Crippen LogP contribution in [-0.4, -0.2) is 47.2 Å². The number of fused-ring (bicyclic) bond motifs is 1. The maximum atomic E-state index is 13.0. The predicted molar refractivity (Wildman–Crippen MR) is 123 cm³/mol. The third kappa shape index (κ3) is 4.97. The molecule has 6 nitrogen and oxygen atoms in total. The molecule has 0 spiro atoms. The van der Waals surface area contributed by atoms with Gasteiger partial charge in [-0.1, -0.05) is 42.5 Å². The van der Waals surface area contributed by atoms with Gasteiger partial charge in [-0.25, -0.2) is 4.98 Å². The molecule has 0 saturated carbocycles. The molecule has 3 aromatic rings. The van der Waals surface area contributed by atoms with Crippen LogP contribution < -0.4 is 5.73 Å². The second-order valence-electron chi connectivity index (χ2n) is 8.36. The van der Waals surface area contributed by atoms with Gasteiger partial charge < -0.3 is 19.9 Å². The molecule has 4 rings (SSSR count). The number of methoxy groups -OCH3 is 1. The number of para-hydroxylation sites is 2. The van der Waals surface area contributed by atoms with Crippen LogP contribution in [0.25, 0.3) is 11.0 Å². The van der Waals surface area contributed by atoms with Gasteiger partial charge in [0.15, 0.2) is 0 Å². The molecule has 6 heteroatoms. The molecule has 1 aliphatic heterocycles. The molecule has 164 valence electrons. The summed E-state index contributed by atoms with van der Waals surface area (Å²) in [6.45, 7) is 3.08. The first-order chi connectivity index (χ1) is 15.2. The van der Waals surface area contributed by atoms with Gasteiger partial charge in [0.1, 0.15) is 5.82 Å². The maximum Gasteiger partial charge on any atom is 0.224 e. The average Bonchev–Trinajstić information content (AvgIpc) is 3.18. The van der Waals surface area contributed by atoms with E-state index in [0.29, 0.717) is 13.0 Å². The van der Waals surface area contributed by atoms with Crippen LogP contribution in [0.1, 0.15) is 49.0 Å². The largest absolute Gasteiger partial charge is 0.385 e. The number of imidazole rings is 1. The number of aryl methyl sites for hydroxylation is 1. The van der Waals surface area contributed by atoms with Gasteiger partial charge >= 0.3 is 0 Å². The van der Waals surface area contributed by atoms with E-state index in [-0.39, 0.29) is 17.9 Å². The quantitative estimate of drug-likeness (QED) is 0.562. The highest BCUT2D eigenvalue weighted by atomic mass is 16.5. The Morgan fingerprint density at radius 3 is 2.77 bits per heavy atom. The van der Waals surface area contributed by atoms with Crippen molar-refractivity contribution < 1.29 is 9.53 Å². The van der Waals surface area contributed by atoms with Crippen molar-refractivity contribution in [3.05, 3.63) is 66.0 Å². The summed E-state index contributed by atoms with van der Waals surface area (Å²) in [6.07, 6.45) is 3.30. The minimum absolute atomic E-state index is 0.128. The van der Waals surface area contributed by atoms with Crippen LogP contribution in [0.4, 0.5) is 0 Å². The number of piperidine rings is 1. The zero-order valence-corrected chi connectivity index (χ0v) is 18.2. The van der Waals surface area contributed by atoms with Crippen LogP contribution in [0.15, 0.2) is 54.6 Å². The van der Waals surface area contributed by atoms with Gasteiger partial charge in [0.05, 0.1) is 11.0 Å². The van der Waals surface area contributed by atoms with Crippen molar-refractivity contribution in [2.24, 2.45) is 5.73 Å². The molecule has 31 heavy (non-hydrogen) atoms. The summed E-state index contributed by atoms with van der Waals surface area (Å²) in [4.78, 5) is 20.0. The Morgan fingerprint density at radius 1 is 1.19 bits per heavy atom. The molecule has 0 radical (unpaired) electrons. The number of nitrogens with zero attached hydrogens (tertiary/aromatic N) is 3. The van der Waals surface area contributed by atoms with Crippen LogP contribution in [0.2, 0.25) is 0 Å². The number of carbonyl (C=O) groups excluding carboxylic acids is 1. The molecule has 0 bridgehead atoms. The third-order valence-corrected chi connectivity index (χ3v) is 6.18. The van der Waals surface area contributed by atoms with E-state index < -0.39 is 0 Å². The SMILES string of the molecule is COCCCn1c(C2CCCN(C(=O)C[C@@H](N)c3ccccc3)C2)nc2ccccc21. The Hall–Kier alpha value is -2.70. The Kier molecular flexibility index (Phi) is 6.99. The molecule has 2 atom stereocenters. The number of likely N-dealkylation sites (tertiary alicyclic amines) is 1. The van der Waals surface area contributed by atoms with Crippen molar-refractivity contribution in [3.8, 4) is 0 Å². The summed E-state index contributed by atoms with van der Waals surface area (Å²) < 4.78 is 7.58. The summed E-state index contributed by atoms with van der Waals surface area (Å²) in [5, 5.41) is 0. The number of benzene rings is 2. The number of carbonyl (C=O) groups is 1. The van der Waals surface area contributed by atoms with Crippen molar-refractivity contribution in [2.45, 2.75) is 44.2 Å². The van der Waals surface area contributed by atoms with E-state index >= 15 is 0 Å². The van der Waals surface area contributed by atoms with Crippen LogP contribution in [-0.2, 0) is 16.1 Å². The molecular weight excluding hydrogens is 388 g/mol. The predicted octanol–water partition coefficient (Wildman–Crippen LogP) is 3.87. The van der Waals surface area contributed by atoms with Crippen LogP contribution >= 0.6 is 0 Å². The number of rotatable bonds is 8. The summed E-state index contributed by atoms with van der Waals surface area (Å²) in [5.74, 6) is 1.45. The molecule has 1 aliphatic rings. The lowest BCUT2D eigenvalue weighted by Gasteiger charge is -2.33. The zero-order chi connectivity index (χ0) is 21.6. The second-order valence-corrected chi connectivity index (χ2v) is 8.36. The summed E-state index contributed by atoms with van der Waals surface area (Å²) >= 11 is 0. The first-order valence-corrected chi connectivity index (χ1v) is 11.2. The van der Waals surface area contributed by atoms with Crippen molar-refractivity contribution in [3.63, 3.8) is 0 Å². The first kappa shape index (κ1) is 21.5. The number of hydrogen-bond acceptors (Lipinski definition) is 4. The summed E-state index contributed by atoms with van der Waals surface area (Å²) in [7, 11) is 1.73. The van der Waals surface area contributed by atoms with Crippen LogP contribution in [0.5, 0.6) is 0 Å². The van der Waals surface area contributed by atoms with Gasteiger partial charge in [-0.3, -0.25) is 4.79 Å². The fourth-order valence-corrected chi connectivity index (χ4v) is 4.56. The molecule has 1 amide bonds. The second kappa shape index (κ2) is 10.1. The van der Waals surface area contributed by atoms with Crippen molar-refractivity contribution >= 4 is 16.9 Å². The minimum atomic E-state index is -0.271. The Balaban J connectivity index is 1.49. The number of amides is 1. The normalized spacial score (nSPS) is 17.7. The lowest BCUT2D eigenvalue weighted by Crippen LogP contribution is -2.40. The Labute approximate surface area is 184 Å². The number of nitrogens with two attached hydrogens (primary N) is 1. The Bertz CT molecular complexity index is 1000. The van der Waals surface area contributed by atoms with E-state index in [2.05, 4.69) is 22.8 Å². The fourth-order valence-electron chi connectivity index (χ4n) is 4.56. The molecule has 2 aromatic carbocycles. The average molecular weight is 421 g/mol. The van der Waals surface area contributed by atoms with Gasteiger partial charge in [-0.05, 0) is 37.0 Å². The zero-order valence-electron chi connectivity index (χ0n) is 18.2. The van der Waals surface area contributed by atoms with Crippen LogP contribution in [0, 0.1) is 0 Å². The van der Waals surface area contributed by atoms with Gasteiger partial charge in [-0.2, -0.15) is 0 Å². The van der Waals surface area contributed by atoms with E-state index in [4.69, 9.17) is 15.5 Å². The van der Waals surface area contributed by atoms with Gasteiger partial charge in [0.2, 0.25) is 5.91 Å². The molecule has 2 heterocycles. The summed E-state index contributed by atoms with van der Waals surface area (Å²) in [5.41, 5.74) is 9.49. The number of ether oxygens (including phenoxy) is 1. The smallest absolute Gasteiger partial charge is 0.224 e. The molecule has 2 N–H and O–H groups in total. The van der Waals surface area contributed by atoms with E-state index in [0.717, 1.165) is 61.4 Å². The number of aromatic nitrogens is 2. The molecule has 1 saturated heterocycles. The Morgan fingerprint density at radius 2 is 1.97 bits per heavy atom. The molecular formula is C25H32N4O2. The first-order valence-electron chi connectivity index (χ1n) is 11.2. The molecule has 1 fully saturated rings. The fraction of sp³-hybridized carbons (Fsp3) is 0.440. The topological polar surface area (TPSA) is 73.4 Å². The van der Waals surface area contributed by atoms with Crippen LogP contribution in [0.3, 0.4) is 0 Å². The molecule has 1 aromatic heterocycles. The van der Waals surface area contributed by atoms with Crippen molar-refractivity contribution in [2.75, 3.05) is 26.8 Å².